The fraction of sp³-hybridized carbons (Fsp3) is 0.308. The molecule has 0 aliphatic carbocycles. The minimum absolute atomic E-state index is 0.319. The molecular formula is C13H10F5N3O2. The van der Waals surface area contributed by atoms with Gasteiger partial charge in [0.1, 0.15) is 5.75 Å². The molecule has 0 fully saturated rings. The van der Waals surface area contributed by atoms with Gasteiger partial charge in [0.05, 0.1) is 31.4 Å². The van der Waals surface area contributed by atoms with Crippen LogP contribution in [0.15, 0.2) is 30.9 Å². The number of alkyl halides is 5. The van der Waals surface area contributed by atoms with E-state index in [4.69, 9.17) is 4.74 Å². The van der Waals surface area contributed by atoms with E-state index < -0.39 is 24.6 Å². The molecule has 124 valence electrons. The van der Waals surface area contributed by atoms with E-state index in [-0.39, 0.29) is 0 Å². The largest absolute Gasteiger partial charge is 0.494 e. The zero-order valence-corrected chi connectivity index (χ0v) is 11.6. The lowest BCUT2D eigenvalue weighted by Crippen LogP contribution is -2.41. The van der Waals surface area contributed by atoms with Gasteiger partial charge in [0.15, 0.2) is 6.61 Å². The molecule has 2 aromatic rings. The van der Waals surface area contributed by atoms with Gasteiger partial charge in [-0.1, -0.05) is 0 Å². The second-order valence-electron chi connectivity index (χ2n) is 4.31. The Balaban J connectivity index is 2.11. The third kappa shape index (κ3) is 3.82. The Morgan fingerprint density at radius 2 is 1.78 bits per heavy atom. The molecule has 0 atom stereocenters. The molecule has 2 aromatic heterocycles. The van der Waals surface area contributed by atoms with Gasteiger partial charge in [0.2, 0.25) is 5.88 Å². The van der Waals surface area contributed by atoms with Gasteiger partial charge in [-0.25, -0.2) is 9.97 Å². The summed E-state index contributed by atoms with van der Waals surface area (Å²) in [4.78, 5) is 11.4. The average molecular weight is 335 g/mol. The van der Waals surface area contributed by atoms with Crippen molar-refractivity contribution in [2.45, 2.75) is 12.1 Å². The van der Waals surface area contributed by atoms with Crippen LogP contribution in [0.2, 0.25) is 0 Å². The Kier molecular flexibility index (Phi) is 4.62. The van der Waals surface area contributed by atoms with Crippen molar-refractivity contribution in [2.24, 2.45) is 0 Å². The first-order chi connectivity index (χ1) is 10.7. The normalized spacial score (nSPS) is 12.1. The number of rotatable bonds is 5. The van der Waals surface area contributed by atoms with Crippen molar-refractivity contribution >= 4 is 0 Å². The van der Waals surface area contributed by atoms with Crippen LogP contribution < -0.4 is 9.47 Å². The highest BCUT2D eigenvalue weighted by Gasteiger charge is 2.58. The van der Waals surface area contributed by atoms with E-state index in [1.165, 1.54) is 25.7 Å². The van der Waals surface area contributed by atoms with Gasteiger partial charge in [-0.05, 0) is 6.07 Å². The number of halogens is 5. The minimum atomic E-state index is -5.69. The van der Waals surface area contributed by atoms with Gasteiger partial charge >= 0.3 is 12.1 Å². The lowest BCUT2D eigenvalue weighted by atomic mass is 10.2. The Bertz CT molecular complexity index is 661. The highest BCUT2D eigenvalue weighted by Crippen LogP contribution is 2.35. The number of aromatic nitrogens is 3. The molecule has 0 saturated carbocycles. The monoisotopic (exact) mass is 335 g/mol. The van der Waals surface area contributed by atoms with Crippen LogP contribution in [0.3, 0.4) is 0 Å². The smallest absolute Gasteiger partial charge is 0.456 e. The van der Waals surface area contributed by atoms with Crippen molar-refractivity contribution in [1.82, 2.24) is 15.0 Å². The summed E-state index contributed by atoms with van der Waals surface area (Å²) in [7, 11) is 1.42. The van der Waals surface area contributed by atoms with Crippen LogP contribution in [-0.2, 0) is 0 Å². The van der Waals surface area contributed by atoms with E-state index >= 15 is 0 Å². The lowest BCUT2D eigenvalue weighted by Gasteiger charge is -2.19. The average Bonchev–Trinajstić information content (AvgIpc) is 2.52. The van der Waals surface area contributed by atoms with Crippen molar-refractivity contribution in [3.05, 3.63) is 30.9 Å². The highest BCUT2D eigenvalue weighted by molar-refractivity contribution is 5.65. The summed E-state index contributed by atoms with van der Waals surface area (Å²) < 4.78 is 71.0. The molecule has 0 radical (unpaired) electrons. The van der Waals surface area contributed by atoms with Gasteiger partial charge in [-0.3, -0.25) is 4.98 Å². The summed E-state index contributed by atoms with van der Waals surface area (Å²) in [6.07, 6.45) is -0.662. The summed E-state index contributed by atoms with van der Waals surface area (Å²) in [5.74, 6) is -5.02. The third-order valence-corrected chi connectivity index (χ3v) is 2.72. The first-order valence-corrected chi connectivity index (χ1v) is 6.12. The number of methoxy groups -OCH3 is 1. The summed E-state index contributed by atoms with van der Waals surface area (Å²) >= 11 is 0. The molecule has 0 saturated heterocycles. The standard InChI is InChI=1S/C13H10F5N3O2/c1-22-10-5-19-3-2-8(10)9-4-21-11(6-20-9)23-7-12(14,15)13(16,17)18/h2-6H,7H2,1H3. The van der Waals surface area contributed by atoms with Crippen molar-refractivity contribution in [3.63, 3.8) is 0 Å². The van der Waals surface area contributed by atoms with E-state index in [0.717, 1.165) is 6.20 Å². The zero-order chi connectivity index (χ0) is 17.1. The number of nitrogens with zero attached hydrogens (tertiary/aromatic N) is 3. The van der Waals surface area contributed by atoms with Crippen LogP contribution >= 0.6 is 0 Å². The van der Waals surface area contributed by atoms with Gasteiger partial charge in [-0.2, -0.15) is 22.0 Å². The van der Waals surface area contributed by atoms with Crippen LogP contribution in [0.25, 0.3) is 11.3 Å². The second-order valence-corrected chi connectivity index (χ2v) is 4.31. The predicted octanol–water partition coefficient (Wildman–Crippen LogP) is 3.12. The Labute approximate surface area is 127 Å². The van der Waals surface area contributed by atoms with E-state index in [1.54, 1.807) is 6.07 Å². The summed E-state index contributed by atoms with van der Waals surface area (Å²) in [6, 6.07) is 1.58. The van der Waals surface area contributed by atoms with Gasteiger partial charge in [-0.15, -0.1) is 0 Å². The number of ether oxygens (including phenoxy) is 2. The summed E-state index contributed by atoms with van der Waals surface area (Å²) in [5, 5.41) is 0. The molecule has 0 aromatic carbocycles. The predicted molar refractivity (Wildman–Crippen MR) is 68.3 cm³/mol. The van der Waals surface area contributed by atoms with E-state index in [2.05, 4.69) is 19.7 Å². The molecule has 0 aliphatic heterocycles. The Morgan fingerprint density at radius 3 is 2.35 bits per heavy atom. The molecule has 2 rings (SSSR count). The van der Waals surface area contributed by atoms with Crippen LogP contribution in [0.1, 0.15) is 0 Å². The topological polar surface area (TPSA) is 57.1 Å². The molecule has 2 heterocycles. The van der Waals surface area contributed by atoms with Crippen molar-refractivity contribution in [2.75, 3.05) is 13.7 Å². The number of hydrogen-bond donors (Lipinski definition) is 0. The maximum atomic E-state index is 12.7. The molecule has 5 nitrogen and oxygen atoms in total. The minimum Gasteiger partial charge on any atom is -0.494 e. The van der Waals surface area contributed by atoms with Crippen LogP contribution in [0.4, 0.5) is 22.0 Å². The molecule has 10 heteroatoms. The third-order valence-electron chi connectivity index (χ3n) is 2.72. The van der Waals surface area contributed by atoms with Crippen LogP contribution in [0.5, 0.6) is 11.6 Å². The zero-order valence-electron chi connectivity index (χ0n) is 11.6. The SMILES string of the molecule is COc1cnccc1-c1cnc(OCC(F)(F)C(F)(F)F)cn1. The van der Waals surface area contributed by atoms with E-state index in [1.807, 2.05) is 0 Å². The van der Waals surface area contributed by atoms with Crippen LogP contribution in [0, 0.1) is 0 Å². The van der Waals surface area contributed by atoms with Crippen molar-refractivity contribution in [3.8, 4) is 22.9 Å². The van der Waals surface area contributed by atoms with Crippen molar-refractivity contribution < 1.29 is 31.4 Å². The highest BCUT2D eigenvalue weighted by atomic mass is 19.4. The van der Waals surface area contributed by atoms with E-state index in [9.17, 15) is 22.0 Å². The molecule has 0 N–H and O–H groups in total. The fourth-order valence-corrected chi connectivity index (χ4v) is 1.53. The summed E-state index contributed by atoms with van der Waals surface area (Å²) in [6.45, 7) is -1.87. The quantitative estimate of drug-likeness (QED) is 0.786. The molecular weight excluding hydrogens is 325 g/mol. The number of hydrogen-bond acceptors (Lipinski definition) is 5. The molecule has 0 unspecified atom stereocenters. The first-order valence-electron chi connectivity index (χ1n) is 6.12. The fourth-order valence-electron chi connectivity index (χ4n) is 1.53. The van der Waals surface area contributed by atoms with Crippen LogP contribution in [-0.4, -0.2) is 40.8 Å². The van der Waals surface area contributed by atoms with Crippen molar-refractivity contribution in [1.29, 1.82) is 0 Å². The first kappa shape index (κ1) is 16.8. The van der Waals surface area contributed by atoms with E-state index in [0.29, 0.717) is 17.0 Å². The molecule has 0 amide bonds. The lowest BCUT2D eigenvalue weighted by molar-refractivity contribution is -0.290. The molecule has 0 aliphatic rings. The Morgan fingerprint density at radius 1 is 1.04 bits per heavy atom. The maximum absolute atomic E-state index is 12.7. The second kappa shape index (κ2) is 6.31. The maximum Gasteiger partial charge on any atom is 0.456 e. The molecule has 23 heavy (non-hydrogen) atoms. The number of pyridine rings is 1. The summed E-state index contributed by atoms with van der Waals surface area (Å²) in [5.41, 5.74) is 0.848. The van der Waals surface area contributed by atoms with Gasteiger partial charge < -0.3 is 9.47 Å². The van der Waals surface area contributed by atoms with Gasteiger partial charge in [0.25, 0.3) is 0 Å². The molecule has 0 bridgehead atoms. The molecule has 0 spiro atoms. The Hall–Kier alpha value is -2.52. The van der Waals surface area contributed by atoms with Gasteiger partial charge in [0, 0.05) is 11.8 Å².